The van der Waals surface area contributed by atoms with Crippen LogP contribution in [0.4, 0.5) is 4.79 Å². The molecule has 1 aromatic rings. The average Bonchev–Trinajstić information content (AvgIpc) is 2.78. The number of likely N-dealkylation sites (tertiary alicyclic amines) is 1. The summed E-state index contributed by atoms with van der Waals surface area (Å²) in [6.07, 6.45) is 0. The number of nitrogens with zero attached hydrogens (tertiary/aromatic N) is 2. The fourth-order valence-corrected chi connectivity index (χ4v) is 3.19. The molecule has 0 spiro atoms. The lowest BCUT2D eigenvalue weighted by Crippen LogP contribution is -2.62. The second-order valence-electron chi connectivity index (χ2n) is 4.91. The van der Waals surface area contributed by atoms with Crippen molar-refractivity contribution in [3.8, 4) is 5.75 Å². The Morgan fingerprint density at radius 3 is 2.43 bits per heavy atom. The number of methoxy groups -OCH3 is 1. The zero-order chi connectivity index (χ0) is 15.0. The van der Waals surface area contributed by atoms with E-state index in [0.717, 1.165) is 11.8 Å². The van der Waals surface area contributed by atoms with Crippen molar-refractivity contribution in [2.45, 2.75) is 6.04 Å². The number of imide groups is 1. The summed E-state index contributed by atoms with van der Waals surface area (Å²) in [6, 6.07) is 6.69. The van der Waals surface area contributed by atoms with Gasteiger partial charge in [-0.05, 0) is 24.3 Å². The van der Waals surface area contributed by atoms with Gasteiger partial charge in [-0.1, -0.05) is 11.8 Å². The maximum Gasteiger partial charge on any atom is 0.289 e. The molecule has 0 bridgehead atoms. The van der Waals surface area contributed by atoms with Crippen molar-refractivity contribution in [1.82, 2.24) is 9.80 Å². The van der Waals surface area contributed by atoms with Gasteiger partial charge in [0.1, 0.15) is 5.75 Å². The molecule has 6 nitrogen and oxygen atoms in total. The third kappa shape index (κ3) is 2.49. The molecule has 2 heterocycles. The van der Waals surface area contributed by atoms with Crippen LogP contribution in [0.25, 0.3) is 0 Å². The topological polar surface area (TPSA) is 66.9 Å². The van der Waals surface area contributed by atoms with Gasteiger partial charge < -0.3 is 9.64 Å². The minimum Gasteiger partial charge on any atom is -0.497 e. The summed E-state index contributed by atoms with van der Waals surface area (Å²) in [5.74, 6) is 0.646. The SMILES string of the molecule is COc1ccc(C(=O)N2CC(N3C(=O)CSC3=O)C2)cc1. The summed E-state index contributed by atoms with van der Waals surface area (Å²) in [6.45, 7) is 0.811. The molecule has 0 radical (unpaired) electrons. The van der Waals surface area contributed by atoms with E-state index in [1.807, 2.05) is 0 Å². The number of rotatable bonds is 3. The Labute approximate surface area is 126 Å². The number of thioether (sulfide) groups is 1. The van der Waals surface area contributed by atoms with Gasteiger partial charge in [0.25, 0.3) is 11.1 Å². The maximum atomic E-state index is 12.2. The van der Waals surface area contributed by atoms with E-state index in [1.54, 1.807) is 36.3 Å². The van der Waals surface area contributed by atoms with Gasteiger partial charge in [-0.3, -0.25) is 19.3 Å². The fourth-order valence-electron chi connectivity index (χ4n) is 2.42. The molecule has 0 aliphatic carbocycles. The molecule has 0 aromatic heterocycles. The number of carbonyl (C=O) groups excluding carboxylic acids is 3. The molecule has 2 aliphatic rings. The van der Waals surface area contributed by atoms with Crippen LogP contribution in [-0.4, -0.2) is 58.8 Å². The standard InChI is InChI=1S/C14H14N2O4S/c1-20-11-4-2-9(3-5-11)13(18)15-6-10(7-15)16-12(17)8-21-14(16)19/h2-5,10H,6-8H2,1H3. The molecule has 21 heavy (non-hydrogen) atoms. The van der Waals surface area contributed by atoms with E-state index < -0.39 is 0 Å². The maximum absolute atomic E-state index is 12.2. The highest BCUT2D eigenvalue weighted by Gasteiger charge is 2.43. The first-order valence-electron chi connectivity index (χ1n) is 6.52. The second-order valence-corrected chi connectivity index (χ2v) is 5.84. The van der Waals surface area contributed by atoms with Crippen molar-refractivity contribution in [2.75, 3.05) is 26.0 Å². The number of hydrogen-bond acceptors (Lipinski definition) is 5. The molecule has 2 fully saturated rings. The highest BCUT2D eigenvalue weighted by atomic mass is 32.2. The van der Waals surface area contributed by atoms with E-state index in [0.29, 0.717) is 24.4 Å². The lowest BCUT2D eigenvalue weighted by atomic mass is 10.1. The first-order chi connectivity index (χ1) is 10.1. The first-order valence-corrected chi connectivity index (χ1v) is 7.51. The van der Waals surface area contributed by atoms with E-state index in [-0.39, 0.29) is 28.8 Å². The predicted molar refractivity (Wildman–Crippen MR) is 77.4 cm³/mol. The van der Waals surface area contributed by atoms with E-state index in [2.05, 4.69) is 0 Å². The van der Waals surface area contributed by atoms with Crippen molar-refractivity contribution in [3.05, 3.63) is 29.8 Å². The van der Waals surface area contributed by atoms with Gasteiger partial charge in [-0.2, -0.15) is 0 Å². The number of hydrogen-bond donors (Lipinski definition) is 0. The molecule has 110 valence electrons. The van der Waals surface area contributed by atoms with Gasteiger partial charge in [0.05, 0.1) is 18.9 Å². The normalized spacial score (nSPS) is 18.9. The highest BCUT2D eigenvalue weighted by Crippen LogP contribution is 2.27. The summed E-state index contributed by atoms with van der Waals surface area (Å²) >= 11 is 1.02. The van der Waals surface area contributed by atoms with Crippen LogP contribution in [0.3, 0.4) is 0 Å². The van der Waals surface area contributed by atoms with Gasteiger partial charge in [0.15, 0.2) is 0 Å². The number of carbonyl (C=O) groups is 3. The van der Waals surface area contributed by atoms with Crippen molar-refractivity contribution < 1.29 is 19.1 Å². The second kappa shape index (κ2) is 5.40. The molecule has 0 unspecified atom stereocenters. The van der Waals surface area contributed by atoms with Gasteiger partial charge in [0.2, 0.25) is 5.91 Å². The molecule has 0 atom stereocenters. The van der Waals surface area contributed by atoms with Crippen LogP contribution in [0, 0.1) is 0 Å². The number of benzene rings is 1. The van der Waals surface area contributed by atoms with E-state index in [9.17, 15) is 14.4 Å². The molecule has 7 heteroatoms. The minimum atomic E-state index is -0.207. The van der Waals surface area contributed by atoms with Gasteiger partial charge >= 0.3 is 0 Å². The van der Waals surface area contributed by atoms with E-state index >= 15 is 0 Å². The summed E-state index contributed by atoms with van der Waals surface area (Å²) in [4.78, 5) is 38.3. The summed E-state index contributed by atoms with van der Waals surface area (Å²) in [5.41, 5.74) is 0.572. The highest BCUT2D eigenvalue weighted by molar-refractivity contribution is 8.14. The van der Waals surface area contributed by atoms with Gasteiger partial charge in [0, 0.05) is 18.7 Å². The Morgan fingerprint density at radius 2 is 1.90 bits per heavy atom. The van der Waals surface area contributed by atoms with Crippen LogP contribution in [0.2, 0.25) is 0 Å². The molecule has 0 N–H and O–H groups in total. The van der Waals surface area contributed by atoms with Crippen molar-refractivity contribution in [1.29, 1.82) is 0 Å². The van der Waals surface area contributed by atoms with Crippen molar-refractivity contribution >= 4 is 28.8 Å². The average molecular weight is 306 g/mol. The fraction of sp³-hybridized carbons (Fsp3) is 0.357. The summed E-state index contributed by atoms with van der Waals surface area (Å²) < 4.78 is 5.05. The zero-order valence-electron chi connectivity index (χ0n) is 11.4. The van der Waals surface area contributed by atoms with Crippen LogP contribution in [0.1, 0.15) is 10.4 Å². The third-order valence-corrected chi connectivity index (χ3v) is 4.47. The molecule has 0 saturated carbocycles. The molecule has 1 aromatic carbocycles. The quantitative estimate of drug-likeness (QED) is 0.840. The van der Waals surface area contributed by atoms with Crippen LogP contribution in [0.5, 0.6) is 5.75 Å². The molecule has 3 amide bonds. The Kier molecular flexibility index (Phi) is 3.59. The summed E-state index contributed by atoms with van der Waals surface area (Å²) in [7, 11) is 1.57. The molecule has 2 saturated heterocycles. The van der Waals surface area contributed by atoms with Crippen molar-refractivity contribution in [2.24, 2.45) is 0 Å². The largest absolute Gasteiger partial charge is 0.497 e. The molecule has 3 rings (SSSR count). The molecular weight excluding hydrogens is 292 g/mol. The monoisotopic (exact) mass is 306 g/mol. The van der Waals surface area contributed by atoms with E-state index in [1.165, 1.54) is 4.90 Å². The Hall–Kier alpha value is -2.02. The van der Waals surface area contributed by atoms with E-state index in [4.69, 9.17) is 4.74 Å². The molecule has 2 aliphatic heterocycles. The third-order valence-electron chi connectivity index (χ3n) is 3.64. The molecular formula is C14H14N2O4S. The lowest BCUT2D eigenvalue weighted by Gasteiger charge is -2.42. The number of ether oxygens (including phenoxy) is 1. The minimum absolute atomic E-state index is 0.0966. The van der Waals surface area contributed by atoms with Crippen LogP contribution in [-0.2, 0) is 4.79 Å². The van der Waals surface area contributed by atoms with Gasteiger partial charge in [-0.25, -0.2) is 0 Å². The van der Waals surface area contributed by atoms with Crippen LogP contribution < -0.4 is 4.74 Å². The Bertz CT molecular complexity index is 579. The van der Waals surface area contributed by atoms with Crippen molar-refractivity contribution in [3.63, 3.8) is 0 Å². The number of amides is 3. The van der Waals surface area contributed by atoms with Crippen LogP contribution in [0.15, 0.2) is 24.3 Å². The smallest absolute Gasteiger partial charge is 0.289 e. The van der Waals surface area contributed by atoms with Gasteiger partial charge in [-0.15, -0.1) is 0 Å². The summed E-state index contributed by atoms with van der Waals surface area (Å²) in [5, 5.41) is -0.207. The Balaban J connectivity index is 1.61. The Morgan fingerprint density at radius 1 is 1.24 bits per heavy atom. The first kappa shape index (κ1) is 13.9. The predicted octanol–water partition coefficient (Wildman–Crippen LogP) is 1.21. The van der Waals surface area contributed by atoms with Crippen LogP contribution >= 0.6 is 11.8 Å². The zero-order valence-corrected chi connectivity index (χ0v) is 12.3. The lowest BCUT2D eigenvalue weighted by molar-refractivity contribution is -0.128.